The molecule has 0 heterocycles. The molecule has 0 aliphatic rings. The van der Waals surface area contributed by atoms with Crippen LogP contribution in [0.25, 0.3) is 0 Å². The topological polar surface area (TPSA) is 57.2 Å². The molecule has 0 radical (unpaired) electrons. The average Bonchev–Trinajstić information content (AvgIpc) is 2.39. The van der Waals surface area contributed by atoms with Crippen LogP contribution in [0.1, 0.15) is 0 Å². The minimum Gasteiger partial charge on any atom is -0.741 e. The van der Waals surface area contributed by atoms with Crippen molar-refractivity contribution in [2.75, 3.05) is 0 Å². The molecule has 3 nitrogen and oxygen atoms in total. The molecule has 2 rings (SSSR count). The fourth-order valence-electron chi connectivity index (χ4n) is 1.08. The molecule has 0 bridgehead atoms. The lowest BCUT2D eigenvalue weighted by Crippen LogP contribution is -3.61. The maximum atomic E-state index is 10.7. The van der Waals surface area contributed by atoms with Crippen LogP contribution in [0.4, 0.5) is 13.2 Å². The Bertz CT molecular complexity index is 606. The maximum Gasteiger partial charge on any atom is 0.485 e. The molecule has 0 unspecified atom stereocenters. The zero-order chi connectivity index (χ0) is 15.9. The Kier molecular flexibility index (Phi) is 6.62. The maximum absolute atomic E-state index is 10.7. The molecule has 0 atom stereocenters. The van der Waals surface area contributed by atoms with E-state index in [0.717, 1.165) is 0 Å². The summed E-state index contributed by atoms with van der Waals surface area (Å²) < 4.78 is 61.9. The first-order chi connectivity index (χ1) is 9.70. The summed E-state index contributed by atoms with van der Waals surface area (Å²) in [7, 11) is -6.09. The molecule has 0 N–H and O–H groups in total. The molecule has 0 saturated heterocycles. The van der Waals surface area contributed by atoms with Crippen LogP contribution in [-0.4, -0.2) is 18.5 Å². The number of halogens is 4. The van der Waals surface area contributed by atoms with Crippen LogP contribution in [0, 0.1) is 7.14 Å². The summed E-state index contributed by atoms with van der Waals surface area (Å²) in [5, 5.41) is 0. The normalized spacial score (nSPS) is 11.4. The van der Waals surface area contributed by atoms with Gasteiger partial charge in [0, 0.05) is 0 Å². The van der Waals surface area contributed by atoms with Crippen molar-refractivity contribution in [3.05, 3.63) is 67.8 Å². The predicted octanol–water partition coefficient (Wildman–Crippen LogP) is -0.134. The van der Waals surface area contributed by atoms with Crippen molar-refractivity contribution >= 4 is 10.1 Å². The van der Waals surface area contributed by atoms with Crippen LogP contribution < -0.4 is 21.2 Å². The molecule has 8 heteroatoms. The molecule has 0 aliphatic carbocycles. The summed E-state index contributed by atoms with van der Waals surface area (Å²) in [6, 6.07) is 21.4. The van der Waals surface area contributed by atoms with Gasteiger partial charge in [-0.05, 0) is 24.3 Å². The van der Waals surface area contributed by atoms with Gasteiger partial charge in [-0.1, -0.05) is 36.4 Å². The van der Waals surface area contributed by atoms with Gasteiger partial charge in [0.05, 0.1) is 0 Å². The second-order valence-electron chi connectivity index (χ2n) is 3.59. The first kappa shape index (κ1) is 17.9. The van der Waals surface area contributed by atoms with Crippen molar-refractivity contribution in [2.45, 2.75) is 5.51 Å². The van der Waals surface area contributed by atoms with E-state index in [1.165, 1.54) is 7.14 Å². The van der Waals surface area contributed by atoms with Crippen LogP contribution in [0.15, 0.2) is 60.7 Å². The van der Waals surface area contributed by atoms with E-state index in [1.54, 1.807) is 0 Å². The Labute approximate surface area is 130 Å². The number of alkyl halides is 3. The summed E-state index contributed by atoms with van der Waals surface area (Å²) >= 11 is 0.0287. The van der Waals surface area contributed by atoms with Crippen molar-refractivity contribution in [3.8, 4) is 0 Å². The van der Waals surface area contributed by atoms with Gasteiger partial charge in [-0.25, -0.2) is 8.42 Å². The Morgan fingerprint density at radius 2 is 1.10 bits per heavy atom. The molecule has 2 aromatic rings. The van der Waals surface area contributed by atoms with E-state index in [9.17, 15) is 13.2 Å². The molecule has 2 aromatic carbocycles. The molecular formula is C13H10F3IO3S. The number of hydrogen-bond acceptors (Lipinski definition) is 3. The van der Waals surface area contributed by atoms with Crippen molar-refractivity contribution < 1.29 is 47.3 Å². The Hall–Kier alpha value is -1.13. The van der Waals surface area contributed by atoms with Gasteiger partial charge >= 0.3 is 26.7 Å². The van der Waals surface area contributed by atoms with Crippen LogP contribution in [-0.2, 0) is 10.1 Å². The molecule has 21 heavy (non-hydrogen) atoms. The van der Waals surface area contributed by atoms with Crippen molar-refractivity contribution in [2.24, 2.45) is 0 Å². The van der Waals surface area contributed by atoms with E-state index in [-0.39, 0.29) is 21.2 Å². The highest BCUT2D eigenvalue weighted by Gasteiger charge is 2.36. The smallest absolute Gasteiger partial charge is 0.485 e. The summed E-state index contributed by atoms with van der Waals surface area (Å²) in [4.78, 5) is 0. The lowest BCUT2D eigenvalue weighted by Gasteiger charge is -2.08. The van der Waals surface area contributed by atoms with E-state index < -0.39 is 15.6 Å². The monoisotopic (exact) mass is 430 g/mol. The van der Waals surface area contributed by atoms with Crippen molar-refractivity contribution in [1.82, 2.24) is 0 Å². The Morgan fingerprint density at radius 3 is 1.33 bits per heavy atom. The Balaban J connectivity index is 0.000000240. The number of benzene rings is 2. The molecule has 0 fully saturated rings. The Morgan fingerprint density at radius 1 is 0.810 bits per heavy atom. The molecule has 0 aromatic heterocycles. The van der Waals surface area contributed by atoms with E-state index in [0.29, 0.717) is 0 Å². The standard InChI is InChI=1S/C12H10I.CHF3O3S/c1-3-7-11(8-4-1)13-12-9-5-2-6-10-12;2-1(3,4)8(5,6)7/h1-10H;(H,5,6,7)/q+1;/p-1. The van der Waals surface area contributed by atoms with Gasteiger partial charge in [0.2, 0.25) is 0 Å². The zero-order valence-corrected chi connectivity index (χ0v) is 13.4. The fraction of sp³-hybridized carbons (Fsp3) is 0.0769. The molecule has 0 amide bonds. The largest absolute Gasteiger partial charge is 0.741 e. The second kappa shape index (κ2) is 7.76. The van der Waals surface area contributed by atoms with E-state index in [1.807, 2.05) is 0 Å². The minimum atomic E-state index is -6.09. The summed E-state index contributed by atoms with van der Waals surface area (Å²) in [5.74, 6) is 0. The third-order valence-corrected chi connectivity index (χ3v) is 5.22. The summed E-state index contributed by atoms with van der Waals surface area (Å²) in [5.41, 5.74) is -5.65. The SMILES string of the molecule is O=S(=O)([O-])C(F)(F)F.c1ccc([I+]c2ccccc2)cc1. The van der Waals surface area contributed by atoms with Gasteiger partial charge in [-0.15, -0.1) is 0 Å². The van der Waals surface area contributed by atoms with Crippen LogP contribution in [0.5, 0.6) is 0 Å². The van der Waals surface area contributed by atoms with Gasteiger partial charge in [0.15, 0.2) is 17.3 Å². The summed E-state index contributed by atoms with van der Waals surface area (Å²) in [6.07, 6.45) is 0. The molecule has 0 spiro atoms. The minimum absolute atomic E-state index is 0.0287. The molecular weight excluding hydrogens is 420 g/mol. The van der Waals surface area contributed by atoms with Crippen LogP contribution in [0.3, 0.4) is 0 Å². The third kappa shape index (κ3) is 6.91. The molecule has 114 valence electrons. The zero-order valence-electron chi connectivity index (χ0n) is 10.4. The van der Waals surface area contributed by atoms with E-state index in [4.69, 9.17) is 13.0 Å². The van der Waals surface area contributed by atoms with Gasteiger partial charge in [-0.2, -0.15) is 13.2 Å². The highest BCUT2D eigenvalue weighted by atomic mass is 127. The van der Waals surface area contributed by atoms with Crippen LogP contribution in [0.2, 0.25) is 0 Å². The quantitative estimate of drug-likeness (QED) is 0.379. The second-order valence-corrected chi connectivity index (χ2v) is 7.99. The van der Waals surface area contributed by atoms with E-state index in [2.05, 4.69) is 60.7 Å². The lowest BCUT2D eigenvalue weighted by molar-refractivity contribution is -0.597. The first-order valence-electron chi connectivity index (χ1n) is 5.47. The molecule has 0 aliphatic heterocycles. The van der Waals surface area contributed by atoms with E-state index >= 15 is 0 Å². The number of rotatable bonds is 2. The average molecular weight is 430 g/mol. The lowest BCUT2D eigenvalue weighted by atomic mass is 10.4. The first-order valence-corrected chi connectivity index (χ1v) is 9.04. The molecule has 0 saturated carbocycles. The van der Waals surface area contributed by atoms with Gasteiger partial charge < -0.3 is 4.55 Å². The van der Waals surface area contributed by atoms with Gasteiger partial charge in [0.25, 0.3) is 0 Å². The van der Waals surface area contributed by atoms with Crippen LogP contribution >= 0.6 is 0 Å². The van der Waals surface area contributed by atoms with Crippen molar-refractivity contribution in [3.63, 3.8) is 0 Å². The third-order valence-electron chi connectivity index (χ3n) is 1.97. The summed E-state index contributed by atoms with van der Waals surface area (Å²) in [6.45, 7) is 0. The van der Waals surface area contributed by atoms with Gasteiger partial charge in [0.1, 0.15) is 0 Å². The van der Waals surface area contributed by atoms with Crippen molar-refractivity contribution in [1.29, 1.82) is 0 Å². The predicted molar refractivity (Wildman–Crippen MR) is 66.0 cm³/mol. The fourth-order valence-corrected chi connectivity index (χ4v) is 3.35. The highest BCUT2D eigenvalue weighted by molar-refractivity contribution is 7.86. The van der Waals surface area contributed by atoms with Gasteiger partial charge in [-0.3, -0.25) is 0 Å². The number of hydrogen-bond donors (Lipinski definition) is 0. The highest BCUT2D eigenvalue weighted by Crippen LogP contribution is 2.20.